The minimum Gasteiger partial charge on any atom is -0.344 e. The second-order valence-corrected chi connectivity index (χ2v) is 23.9. The molecule has 0 bridgehead atoms. The fourth-order valence-electron chi connectivity index (χ4n) is 6.45. The van der Waals surface area contributed by atoms with Crippen molar-refractivity contribution >= 4 is 76.4 Å². The summed E-state index contributed by atoms with van der Waals surface area (Å²) < 4.78 is 157. The Morgan fingerprint density at radius 1 is 0.344 bits per heavy atom. The van der Waals surface area contributed by atoms with Crippen LogP contribution < -0.4 is 33.5 Å². The van der Waals surface area contributed by atoms with E-state index in [0.717, 1.165) is 24.3 Å². The van der Waals surface area contributed by atoms with Gasteiger partial charge >= 0.3 is 0 Å². The van der Waals surface area contributed by atoms with Crippen molar-refractivity contribution in [3.05, 3.63) is 144 Å². The van der Waals surface area contributed by atoms with E-state index in [1.165, 1.54) is 98.8 Å². The zero-order valence-electron chi connectivity index (χ0n) is 34.3. The highest BCUT2D eigenvalue weighted by atomic mass is 32.2. The van der Waals surface area contributed by atoms with Crippen molar-refractivity contribution in [3.63, 3.8) is 0 Å². The van der Waals surface area contributed by atoms with E-state index in [2.05, 4.69) is 0 Å². The van der Waals surface area contributed by atoms with Crippen LogP contribution in [-0.2, 0) is 49.6 Å². The SMILES string of the molecule is Cc1ccc(S(=O)(=O)O)cc1-c1ccccc1P(=O)(O)c1cc(S(=O)(=O)O)ccc1C.Cc1ccc(S(=O)(=O)O)cc1-c1ccccc1P(=O)(O)c1cc(S(=O)(=O)O)ccc1C.N.N. The molecule has 0 saturated heterocycles. The van der Waals surface area contributed by atoms with Crippen molar-refractivity contribution in [1.82, 2.24) is 12.3 Å². The second-order valence-electron chi connectivity index (χ2n) is 13.9. The number of aryl methyl sites for hydroxylation is 4. The first kappa shape index (κ1) is 53.6. The van der Waals surface area contributed by atoms with Gasteiger partial charge in [-0.3, -0.25) is 27.3 Å². The number of hydrogen-bond donors (Lipinski definition) is 8. The lowest BCUT2D eigenvalue weighted by Gasteiger charge is -2.20. The van der Waals surface area contributed by atoms with Gasteiger partial charge in [0.25, 0.3) is 55.2 Å². The standard InChI is InChI=1S/2C20H19O8PS2.2H3N/c2*1-13-7-9-15(30(23,24)25)11-18(13)17-5-3-4-6-19(17)29(21,22)20-12-16(31(26,27)28)10-8-14(20)2;;/h2*3-12H,1-2H3,(H,21,22)(H,23,24,25)(H,26,27,28);2*1H3. The van der Waals surface area contributed by atoms with E-state index in [4.69, 9.17) is 0 Å². The second kappa shape index (κ2) is 19.4. The maximum absolute atomic E-state index is 13.6. The molecule has 2 unspecified atom stereocenters. The van der Waals surface area contributed by atoms with Gasteiger partial charge in [0, 0.05) is 21.2 Å². The van der Waals surface area contributed by atoms with Crippen molar-refractivity contribution in [3.8, 4) is 22.3 Å². The molecule has 0 radical (unpaired) electrons. The molecule has 6 rings (SSSR count). The smallest absolute Gasteiger partial charge is 0.294 e. The van der Waals surface area contributed by atoms with Crippen LogP contribution in [0.3, 0.4) is 0 Å². The average Bonchev–Trinajstić information content (AvgIpc) is 3.17. The van der Waals surface area contributed by atoms with Crippen LogP contribution in [0.15, 0.2) is 141 Å². The Morgan fingerprint density at radius 2 is 0.594 bits per heavy atom. The van der Waals surface area contributed by atoms with Crippen molar-refractivity contribution in [2.45, 2.75) is 47.3 Å². The molecular formula is C40H44N2O16P2S4. The Hall–Kier alpha value is -4.74. The van der Waals surface area contributed by atoms with E-state index in [1.807, 2.05) is 0 Å². The van der Waals surface area contributed by atoms with Gasteiger partial charge in [0.2, 0.25) is 0 Å². The molecule has 0 heterocycles. The highest BCUT2D eigenvalue weighted by Gasteiger charge is 2.33. The molecule has 64 heavy (non-hydrogen) atoms. The Labute approximate surface area is 370 Å². The summed E-state index contributed by atoms with van der Waals surface area (Å²) in [5, 5.41) is -0.473. The first-order valence-corrected chi connectivity index (χ1v) is 26.7. The van der Waals surface area contributed by atoms with Crippen molar-refractivity contribution in [1.29, 1.82) is 0 Å². The lowest BCUT2D eigenvalue weighted by molar-refractivity contribution is 0.480. The fourth-order valence-corrected chi connectivity index (χ4v) is 12.5. The first-order chi connectivity index (χ1) is 28.5. The molecule has 12 N–H and O–H groups in total. The molecule has 344 valence electrons. The topological polar surface area (TPSA) is 362 Å². The Balaban J connectivity index is 0.000000330. The molecule has 0 aliphatic heterocycles. The number of benzene rings is 6. The largest absolute Gasteiger partial charge is 0.344 e. The lowest BCUT2D eigenvalue weighted by Crippen LogP contribution is -2.21. The van der Waals surface area contributed by atoms with Gasteiger partial charge in [-0.2, -0.15) is 33.7 Å². The van der Waals surface area contributed by atoms with Crippen molar-refractivity contribution < 1.29 is 70.8 Å². The van der Waals surface area contributed by atoms with Gasteiger partial charge in [-0.05, 0) is 133 Å². The molecule has 18 nitrogen and oxygen atoms in total. The van der Waals surface area contributed by atoms with Crippen molar-refractivity contribution in [2.24, 2.45) is 0 Å². The van der Waals surface area contributed by atoms with Gasteiger partial charge in [0.05, 0.1) is 19.6 Å². The van der Waals surface area contributed by atoms with Gasteiger partial charge in [-0.15, -0.1) is 0 Å². The van der Waals surface area contributed by atoms with Crippen LogP contribution in [0.5, 0.6) is 0 Å². The van der Waals surface area contributed by atoms with Crippen LogP contribution in [-0.4, -0.2) is 61.7 Å². The van der Waals surface area contributed by atoms with Crippen LogP contribution in [0.4, 0.5) is 0 Å². The Bertz CT molecular complexity index is 3120. The molecule has 0 aromatic heterocycles. The molecule has 6 aromatic carbocycles. The Morgan fingerprint density at radius 3 is 0.875 bits per heavy atom. The maximum Gasteiger partial charge on any atom is 0.294 e. The fraction of sp³-hybridized carbons (Fsp3) is 0.100. The van der Waals surface area contributed by atoms with Gasteiger partial charge < -0.3 is 22.1 Å². The number of rotatable bonds is 10. The van der Waals surface area contributed by atoms with E-state index >= 15 is 0 Å². The summed E-state index contributed by atoms with van der Waals surface area (Å²) in [6, 6.07) is 26.6. The van der Waals surface area contributed by atoms with E-state index in [1.54, 1.807) is 26.0 Å². The summed E-state index contributed by atoms with van der Waals surface area (Å²) in [6.07, 6.45) is 0. The average molecular weight is 999 g/mol. The summed E-state index contributed by atoms with van der Waals surface area (Å²) >= 11 is 0. The third kappa shape index (κ3) is 11.6. The minimum atomic E-state index is -4.60. The summed E-state index contributed by atoms with van der Waals surface area (Å²) in [7, 11) is -27.0. The predicted octanol–water partition coefficient (Wildman–Crippen LogP) is 5.69. The predicted molar refractivity (Wildman–Crippen MR) is 243 cm³/mol. The molecule has 0 aliphatic carbocycles. The van der Waals surface area contributed by atoms with Crippen LogP contribution in [0, 0.1) is 27.7 Å². The highest BCUT2D eigenvalue weighted by Crippen LogP contribution is 2.45. The summed E-state index contributed by atoms with van der Waals surface area (Å²) in [6.45, 7) is 6.40. The highest BCUT2D eigenvalue weighted by molar-refractivity contribution is 7.86. The molecule has 0 saturated carbocycles. The number of hydrogen-bond acceptors (Lipinski definition) is 12. The summed E-state index contributed by atoms with van der Waals surface area (Å²) in [5.74, 6) is 0. The third-order valence-corrected chi connectivity index (χ3v) is 17.4. The van der Waals surface area contributed by atoms with E-state index in [0.29, 0.717) is 33.4 Å². The van der Waals surface area contributed by atoms with Gasteiger partial charge in [0.15, 0.2) is 0 Å². The third-order valence-electron chi connectivity index (χ3n) is 9.67. The van der Waals surface area contributed by atoms with E-state index in [9.17, 15) is 70.8 Å². The normalized spacial score (nSPS) is 13.8. The van der Waals surface area contributed by atoms with Crippen LogP contribution in [0.2, 0.25) is 0 Å². The zero-order valence-corrected chi connectivity index (χ0v) is 39.3. The van der Waals surface area contributed by atoms with Gasteiger partial charge in [-0.25, -0.2) is 0 Å². The van der Waals surface area contributed by atoms with Crippen LogP contribution in [0.1, 0.15) is 22.3 Å². The lowest BCUT2D eigenvalue weighted by atomic mass is 10.0. The van der Waals surface area contributed by atoms with E-state index < -0.39 is 65.0 Å². The van der Waals surface area contributed by atoms with Crippen molar-refractivity contribution in [2.75, 3.05) is 0 Å². The zero-order chi connectivity index (χ0) is 46.4. The molecular weight excluding hydrogens is 955 g/mol. The monoisotopic (exact) mass is 998 g/mol. The summed E-state index contributed by atoms with van der Waals surface area (Å²) in [4.78, 5) is 20.4. The van der Waals surface area contributed by atoms with Crippen LogP contribution in [0.25, 0.3) is 22.3 Å². The molecule has 6 aromatic rings. The molecule has 0 spiro atoms. The van der Waals surface area contributed by atoms with Crippen LogP contribution >= 0.6 is 14.7 Å². The molecule has 0 amide bonds. The van der Waals surface area contributed by atoms with Gasteiger partial charge in [-0.1, -0.05) is 60.7 Å². The Kier molecular flexibility index (Phi) is 16.2. The molecule has 0 fully saturated rings. The molecule has 24 heteroatoms. The quantitative estimate of drug-likeness (QED) is 0.0603. The first-order valence-electron chi connectivity index (χ1n) is 17.6. The minimum absolute atomic E-state index is 0. The van der Waals surface area contributed by atoms with Gasteiger partial charge in [0.1, 0.15) is 0 Å². The maximum atomic E-state index is 13.6. The van der Waals surface area contributed by atoms with E-state index in [-0.39, 0.29) is 54.4 Å². The summed E-state index contributed by atoms with van der Waals surface area (Å²) in [5.41, 5.74) is 2.94. The molecule has 2 atom stereocenters. The molecule has 0 aliphatic rings.